The van der Waals surface area contributed by atoms with Gasteiger partial charge in [0, 0.05) is 12.5 Å². The Morgan fingerprint density at radius 2 is 1.95 bits per heavy atom. The van der Waals surface area contributed by atoms with E-state index in [1.54, 1.807) is 19.2 Å². The predicted molar refractivity (Wildman–Crippen MR) is 157 cm³/mol. The molecule has 2 aromatic heterocycles. The third kappa shape index (κ3) is 5.26. The molecule has 2 aliphatic heterocycles. The smallest absolute Gasteiger partial charge is 0.321 e. The van der Waals surface area contributed by atoms with Gasteiger partial charge >= 0.3 is 6.03 Å². The van der Waals surface area contributed by atoms with Gasteiger partial charge in [0.15, 0.2) is 0 Å². The van der Waals surface area contributed by atoms with E-state index in [-0.39, 0.29) is 42.9 Å². The summed E-state index contributed by atoms with van der Waals surface area (Å²) in [6.45, 7) is 2.77. The molecular formula is C30H32N6O6S. The summed E-state index contributed by atoms with van der Waals surface area (Å²) in [5.74, 6) is 1.35. The first-order valence-corrected chi connectivity index (χ1v) is 15.4. The van der Waals surface area contributed by atoms with E-state index < -0.39 is 23.5 Å². The topological polar surface area (TPSA) is 152 Å². The molecule has 5 amide bonds. The molecule has 3 aromatic rings. The lowest BCUT2D eigenvalue weighted by molar-refractivity contribution is -0.136. The molecule has 0 radical (unpaired) electrons. The first kappa shape index (κ1) is 27.6. The average molecular weight is 605 g/mol. The molecule has 2 saturated carbocycles. The van der Waals surface area contributed by atoms with Gasteiger partial charge in [-0.05, 0) is 69.1 Å². The molecule has 224 valence electrons. The number of nitrogens with one attached hydrogen (secondary N) is 3. The number of piperidine rings is 1. The van der Waals surface area contributed by atoms with Crippen molar-refractivity contribution in [3.63, 3.8) is 0 Å². The highest BCUT2D eigenvalue weighted by atomic mass is 32.1. The summed E-state index contributed by atoms with van der Waals surface area (Å²) < 4.78 is 12.6. The molecular weight excluding hydrogens is 572 g/mol. The highest BCUT2D eigenvalue weighted by Crippen LogP contribution is 2.48. The second-order valence-corrected chi connectivity index (χ2v) is 12.9. The monoisotopic (exact) mass is 604 g/mol. The van der Waals surface area contributed by atoms with Gasteiger partial charge in [0.2, 0.25) is 11.8 Å². The minimum Gasteiger partial charge on any atom is -0.497 e. The SMILES string of the molecule is COc1cc(OCC2CC2)c2nc([C@](C)(NC(=O)Nc3ccc4c(n3)CN(C3CCC(=O)NC3=O)C4=O)C3CC3)sc2c1. The van der Waals surface area contributed by atoms with Gasteiger partial charge in [-0.3, -0.25) is 25.0 Å². The van der Waals surface area contributed by atoms with Crippen LogP contribution in [0.4, 0.5) is 10.6 Å². The number of carbonyl (C=O) groups is 4. The van der Waals surface area contributed by atoms with Crippen LogP contribution >= 0.6 is 11.3 Å². The molecule has 7 rings (SSSR count). The van der Waals surface area contributed by atoms with E-state index in [1.165, 1.54) is 29.1 Å². The molecule has 1 unspecified atom stereocenters. The molecule has 2 atom stereocenters. The van der Waals surface area contributed by atoms with Crippen molar-refractivity contribution in [2.75, 3.05) is 19.0 Å². The van der Waals surface area contributed by atoms with Crippen molar-refractivity contribution in [1.82, 2.24) is 25.5 Å². The zero-order valence-electron chi connectivity index (χ0n) is 23.9. The van der Waals surface area contributed by atoms with Crippen LogP contribution in [0.1, 0.15) is 66.5 Å². The van der Waals surface area contributed by atoms with Crippen LogP contribution in [0.3, 0.4) is 0 Å². The normalized spacial score (nSPS) is 21.3. The number of amides is 5. The maximum Gasteiger partial charge on any atom is 0.321 e. The molecule has 3 N–H and O–H groups in total. The summed E-state index contributed by atoms with van der Waals surface area (Å²) in [5, 5.41) is 9.07. The van der Waals surface area contributed by atoms with Gasteiger partial charge in [0.25, 0.3) is 5.91 Å². The van der Waals surface area contributed by atoms with E-state index in [0.717, 1.165) is 28.1 Å². The van der Waals surface area contributed by atoms with Gasteiger partial charge in [-0.2, -0.15) is 0 Å². The number of hydrogen-bond acceptors (Lipinski definition) is 9. The Balaban J connectivity index is 1.08. The summed E-state index contributed by atoms with van der Waals surface area (Å²) >= 11 is 1.52. The number of carbonyl (C=O) groups excluding carboxylic acids is 4. The number of urea groups is 1. The molecule has 1 aromatic carbocycles. The minimum atomic E-state index is -0.730. The summed E-state index contributed by atoms with van der Waals surface area (Å²) in [5.41, 5.74) is 0.893. The van der Waals surface area contributed by atoms with Gasteiger partial charge in [0.05, 0.1) is 41.8 Å². The third-order valence-corrected chi connectivity index (χ3v) is 9.91. The fourth-order valence-electron chi connectivity index (χ4n) is 5.80. The van der Waals surface area contributed by atoms with Crippen molar-refractivity contribution >= 4 is 51.1 Å². The molecule has 2 aliphatic carbocycles. The number of nitrogens with zero attached hydrogens (tertiary/aromatic N) is 3. The summed E-state index contributed by atoms with van der Waals surface area (Å²) in [6.07, 6.45) is 4.74. The number of imide groups is 1. The van der Waals surface area contributed by atoms with Crippen LogP contribution in [0.2, 0.25) is 0 Å². The van der Waals surface area contributed by atoms with Crippen LogP contribution in [-0.4, -0.2) is 58.4 Å². The Hall–Kier alpha value is -4.26. The largest absolute Gasteiger partial charge is 0.497 e. The van der Waals surface area contributed by atoms with Gasteiger partial charge in [0.1, 0.15) is 33.9 Å². The fraction of sp³-hybridized carbons (Fsp3) is 0.467. The highest BCUT2D eigenvalue weighted by molar-refractivity contribution is 7.18. The predicted octanol–water partition coefficient (Wildman–Crippen LogP) is 3.70. The Labute approximate surface area is 251 Å². The molecule has 0 bridgehead atoms. The van der Waals surface area contributed by atoms with E-state index in [1.807, 2.05) is 19.1 Å². The van der Waals surface area contributed by atoms with Crippen molar-refractivity contribution in [3.05, 3.63) is 40.5 Å². The second-order valence-electron chi connectivity index (χ2n) is 11.9. The summed E-state index contributed by atoms with van der Waals surface area (Å²) in [7, 11) is 1.63. The fourth-order valence-corrected chi connectivity index (χ4v) is 6.99. The highest BCUT2D eigenvalue weighted by Gasteiger charge is 2.47. The number of benzene rings is 1. The molecule has 4 heterocycles. The summed E-state index contributed by atoms with van der Waals surface area (Å²) in [6, 6.07) is 5.83. The lowest BCUT2D eigenvalue weighted by atomic mass is 9.97. The number of pyridine rings is 1. The van der Waals surface area contributed by atoms with E-state index >= 15 is 0 Å². The molecule has 3 fully saturated rings. The van der Waals surface area contributed by atoms with Crippen molar-refractivity contribution in [1.29, 1.82) is 0 Å². The van der Waals surface area contributed by atoms with Crippen LogP contribution in [0.15, 0.2) is 24.3 Å². The van der Waals surface area contributed by atoms with Gasteiger partial charge < -0.3 is 19.7 Å². The maximum absolute atomic E-state index is 13.4. The second kappa shape index (κ2) is 10.5. The van der Waals surface area contributed by atoms with Gasteiger partial charge in [-0.15, -0.1) is 11.3 Å². The number of rotatable bonds is 9. The molecule has 4 aliphatic rings. The average Bonchev–Trinajstić information content (AvgIpc) is 3.91. The molecule has 1 saturated heterocycles. The molecule has 43 heavy (non-hydrogen) atoms. The third-order valence-electron chi connectivity index (χ3n) is 8.67. The molecule has 13 heteroatoms. The lowest BCUT2D eigenvalue weighted by Gasteiger charge is -2.29. The van der Waals surface area contributed by atoms with Crippen molar-refractivity contribution in [3.8, 4) is 11.5 Å². The minimum absolute atomic E-state index is 0.123. The van der Waals surface area contributed by atoms with E-state index in [0.29, 0.717) is 35.3 Å². The standard InChI is InChI=1S/C30H32N6O6S/c1-30(16-5-6-16,28-34-25-21(42-14-15-3-4-15)11-17(41-2)12-22(25)43-28)35-29(40)32-23-9-7-18-19(31-23)13-36(27(18)39)20-8-10-24(37)33-26(20)38/h7,9,11-12,15-16,20H,3-6,8,10,13-14H2,1-2H3,(H,33,37,38)(H2,31,32,35,40)/t20?,30-/m1/s1. The quantitative estimate of drug-likeness (QED) is 0.313. The zero-order chi connectivity index (χ0) is 29.9. The number of methoxy groups -OCH3 is 1. The van der Waals surface area contributed by atoms with Gasteiger partial charge in [-0.1, -0.05) is 0 Å². The molecule has 0 spiro atoms. The Kier molecular flexibility index (Phi) is 6.71. The number of thiazole rings is 1. The van der Waals surface area contributed by atoms with E-state index in [4.69, 9.17) is 14.5 Å². The van der Waals surface area contributed by atoms with Crippen LogP contribution < -0.4 is 25.4 Å². The number of anilines is 1. The van der Waals surface area contributed by atoms with E-state index in [2.05, 4.69) is 20.9 Å². The summed E-state index contributed by atoms with van der Waals surface area (Å²) in [4.78, 5) is 61.2. The number of ether oxygens (including phenoxy) is 2. The Bertz CT molecular complexity index is 1670. The van der Waals surface area contributed by atoms with Crippen LogP contribution in [0, 0.1) is 11.8 Å². The van der Waals surface area contributed by atoms with Crippen molar-refractivity contribution in [2.45, 2.75) is 63.6 Å². The van der Waals surface area contributed by atoms with Crippen molar-refractivity contribution < 1.29 is 28.7 Å². The zero-order valence-corrected chi connectivity index (χ0v) is 24.7. The van der Waals surface area contributed by atoms with Crippen LogP contribution in [-0.2, 0) is 21.7 Å². The number of aromatic nitrogens is 2. The Morgan fingerprint density at radius 3 is 2.67 bits per heavy atom. The Morgan fingerprint density at radius 1 is 1.14 bits per heavy atom. The molecule has 12 nitrogen and oxygen atoms in total. The van der Waals surface area contributed by atoms with Crippen LogP contribution in [0.25, 0.3) is 10.2 Å². The van der Waals surface area contributed by atoms with Crippen molar-refractivity contribution in [2.24, 2.45) is 11.8 Å². The van der Waals surface area contributed by atoms with Gasteiger partial charge in [-0.25, -0.2) is 14.8 Å². The number of fused-ring (bicyclic) bond motifs is 2. The maximum atomic E-state index is 13.4. The lowest BCUT2D eigenvalue weighted by Crippen LogP contribution is -2.52. The first-order valence-electron chi connectivity index (χ1n) is 14.6. The van der Waals surface area contributed by atoms with E-state index in [9.17, 15) is 19.2 Å². The number of hydrogen-bond donors (Lipinski definition) is 3. The first-order chi connectivity index (χ1) is 20.7. The van der Waals surface area contributed by atoms with Crippen LogP contribution in [0.5, 0.6) is 11.5 Å².